The van der Waals surface area contributed by atoms with Crippen LogP contribution in [0.15, 0.2) is 54.7 Å². The summed E-state index contributed by atoms with van der Waals surface area (Å²) in [6.45, 7) is 5.59. The van der Waals surface area contributed by atoms with Gasteiger partial charge in [0.05, 0.1) is 22.2 Å². The van der Waals surface area contributed by atoms with Gasteiger partial charge in [0.2, 0.25) is 0 Å². The van der Waals surface area contributed by atoms with Gasteiger partial charge in [0.25, 0.3) is 5.91 Å². The van der Waals surface area contributed by atoms with Crippen molar-refractivity contribution < 1.29 is 14.0 Å². The highest BCUT2D eigenvalue weighted by atomic mass is 32.2. The van der Waals surface area contributed by atoms with Gasteiger partial charge in [-0.15, -0.1) is 0 Å². The van der Waals surface area contributed by atoms with Crippen molar-refractivity contribution in [2.45, 2.75) is 25.2 Å². The topological polar surface area (TPSA) is 60.0 Å². The first-order valence-corrected chi connectivity index (χ1v) is 13.8. The molecule has 0 saturated carbocycles. The number of carbonyl (C=O) groups is 2. The third-order valence-electron chi connectivity index (χ3n) is 7.77. The molecular weight excluding hydrogens is 501 g/mol. The molecule has 200 valence electrons. The molecule has 2 aliphatic rings. The monoisotopic (exact) mass is 535 g/mol. The number of hydrogen-bond donors (Lipinski definition) is 0. The zero-order valence-corrected chi connectivity index (χ0v) is 23.0. The van der Waals surface area contributed by atoms with Gasteiger partial charge in [-0.05, 0) is 57.6 Å². The number of halogens is 1. The number of benzene rings is 2. The second-order valence-electron chi connectivity index (χ2n) is 10.3. The Morgan fingerprint density at radius 1 is 0.974 bits per heavy atom. The van der Waals surface area contributed by atoms with E-state index in [9.17, 15) is 14.0 Å². The van der Waals surface area contributed by atoms with E-state index in [4.69, 9.17) is 0 Å². The first kappa shape index (κ1) is 26.6. The molecule has 1 amide bonds. The summed E-state index contributed by atoms with van der Waals surface area (Å²) in [7, 11) is 4.01. The first-order chi connectivity index (χ1) is 18.3. The highest BCUT2D eigenvalue weighted by molar-refractivity contribution is 7.94. The number of hydrogen-bond acceptors (Lipinski definition) is 7. The quantitative estimate of drug-likeness (QED) is 0.434. The molecule has 1 aromatic heterocycles. The lowest BCUT2D eigenvalue weighted by atomic mass is 9.70. The Morgan fingerprint density at radius 3 is 2.29 bits per heavy atom. The van der Waals surface area contributed by atoms with Gasteiger partial charge in [-0.1, -0.05) is 30.3 Å². The lowest BCUT2D eigenvalue weighted by Gasteiger charge is -2.42. The number of anilines is 1. The molecule has 0 aliphatic carbocycles. The second kappa shape index (κ2) is 11.0. The molecule has 2 fully saturated rings. The van der Waals surface area contributed by atoms with Crippen LogP contribution in [0.4, 0.5) is 10.1 Å². The van der Waals surface area contributed by atoms with Crippen LogP contribution in [-0.4, -0.2) is 83.5 Å². The number of ketones is 1. The van der Waals surface area contributed by atoms with Crippen LogP contribution in [-0.2, 0) is 10.2 Å². The first-order valence-electron chi connectivity index (χ1n) is 13.1. The van der Waals surface area contributed by atoms with E-state index in [0.717, 1.165) is 24.3 Å². The predicted molar refractivity (Wildman–Crippen MR) is 151 cm³/mol. The van der Waals surface area contributed by atoms with E-state index in [1.54, 1.807) is 31.3 Å². The van der Waals surface area contributed by atoms with Crippen LogP contribution in [0.25, 0.3) is 10.9 Å². The van der Waals surface area contributed by atoms with Crippen molar-refractivity contribution in [1.82, 2.24) is 18.5 Å². The average molecular weight is 536 g/mol. The number of piperidine rings is 1. The summed E-state index contributed by atoms with van der Waals surface area (Å²) < 4.78 is 18.8. The van der Waals surface area contributed by atoms with Crippen LogP contribution in [0.5, 0.6) is 0 Å². The summed E-state index contributed by atoms with van der Waals surface area (Å²) in [4.78, 5) is 35.4. The van der Waals surface area contributed by atoms with E-state index in [2.05, 4.69) is 14.2 Å². The zero-order chi connectivity index (χ0) is 26.9. The van der Waals surface area contributed by atoms with Crippen LogP contribution in [0.3, 0.4) is 0 Å². The Hall–Kier alpha value is -3.01. The standard InChI is InChI=1S/C29H34FN5O2S/c1-21(36)29(22-7-5-4-6-8-22)11-13-33(14-12-29)27-24-19-23(30)9-10-26(24)31-20-25(27)28(37)34-15-17-35(18-16-34)38-32(2)3/h4-10,19-20H,11-18H2,1-3H3. The summed E-state index contributed by atoms with van der Waals surface area (Å²) in [6, 6.07) is 14.5. The summed E-state index contributed by atoms with van der Waals surface area (Å²) in [6.07, 6.45) is 2.89. The minimum absolute atomic E-state index is 0.0837. The molecule has 0 spiro atoms. The minimum Gasteiger partial charge on any atom is -0.370 e. The highest BCUT2D eigenvalue weighted by Crippen LogP contribution is 2.40. The number of nitrogens with zero attached hydrogens (tertiary/aromatic N) is 5. The Balaban J connectivity index is 1.47. The van der Waals surface area contributed by atoms with Gasteiger partial charge >= 0.3 is 0 Å². The Labute approximate surface area is 227 Å². The molecule has 38 heavy (non-hydrogen) atoms. The lowest BCUT2D eigenvalue weighted by molar-refractivity contribution is -0.123. The molecular formula is C29H34FN5O2S. The molecule has 7 nitrogen and oxygen atoms in total. The SMILES string of the molecule is CC(=O)C1(c2ccccc2)CCN(c2c(C(=O)N3CCN(SN(C)C)CC3)cnc3ccc(F)cc23)CC1. The van der Waals surface area contributed by atoms with Gasteiger partial charge in [0.1, 0.15) is 11.6 Å². The van der Waals surface area contributed by atoms with Gasteiger partial charge in [0, 0.05) is 63.0 Å². The Kier molecular flexibility index (Phi) is 7.70. The maximum atomic E-state index is 14.5. The van der Waals surface area contributed by atoms with E-state index >= 15 is 0 Å². The van der Waals surface area contributed by atoms with E-state index in [0.29, 0.717) is 55.5 Å². The van der Waals surface area contributed by atoms with Crippen molar-refractivity contribution >= 4 is 40.4 Å². The van der Waals surface area contributed by atoms with Crippen molar-refractivity contribution in [3.63, 3.8) is 0 Å². The molecule has 9 heteroatoms. The number of amides is 1. The summed E-state index contributed by atoms with van der Waals surface area (Å²) in [5.74, 6) is -0.294. The van der Waals surface area contributed by atoms with Crippen LogP contribution >= 0.6 is 12.1 Å². The van der Waals surface area contributed by atoms with E-state index in [1.807, 2.05) is 53.6 Å². The normalized spacial score (nSPS) is 18.2. The Morgan fingerprint density at radius 2 is 1.66 bits per heavy atom. The van der Waals surface area contributed by atoms with Crippen molar-refractivity contribution in [3.8, 4) is 0 Å². The van der Waals surface area contributed by atoms with Crippen LogP contribution in [0.1, 0.15) is 35.7 Å². The van der Waals surface area contributed by atoms with E-state index < -0.39 is 5.41 Å². The second-order valence-corrected chi connectivity index (χ2v) is 11.7. The van der Waals surface area contributed by atoms with Gasteiger partial charge < -0.3 is 9.80 Å². The maximum Gasteiger partial charge on any atom is 0.257 e. The molecule has 0 N–H and O–H groups in total. The third kappa shape index (κ3) is 5.15. The smallest absolute Gasteiger partial charge is 0.257 e. The number of pyridine rings is 1. The van der Waals surface area contributed by atoms with Crippen molar-refractivity contribution in [1.29, 1.82) is 0 Å². The van der Waals surface area contributed by atoms with Crippen LogP contribution < -0.4 is 4.90 Å². The van der Waals surface area contributed by atoms with Crippen molar-refractivity contribution in [3.05, 3.63) is 71.7 Å². The van der Waals surface area contributed by atoms with Gasteiger partial charge in [0.15, 0.2) is 0 Å². The van der Waals surface area contributed by atoms with E-state index in [-0.39, 0.29) is 17.5 Å². The average Bonchev–Trinajstić information content (AvgIpc) is 2.92. The molecule has 0 radical (unpaired) electrons. The number of aromatic nitrogens is 1. The van der Waals surface area contributed by atoms with Crippen LogP contribution in [0, 0.1) is 5.82 Å². The molecule has 0 bridgehead atoms. The largest absolute Gasteiger partial charge is 0.370 e. The fraction of sp³-hybridized carbons (Fsp3) is 0.414. The molecule has 0 atom stereocenters. The lowest BCUT2D eigenvalue weighted by Crippen LogP contribution is -2.48. The predicted octanol–water partition coefficient (Wildman–Crippen LogP) is 4.38. The summed E-state index contributed by atoms with van der Waals surface area (Å²) in [5, 5.41) is 0.632. The third-order valence-corrected chi connectivity index (χ3v) is 8.69. The molecule has 3 heterocycles. The van der Waals surface area contributed by atoms with Gasteiger partial charge in [-0.2, -0.15) is 0 Å². The Bertz CT molecular complexity index is 1320. The molecule has 0 unspecified atom stereocenters. The molecule has 5 rings (SSSR count). The minimum atomic E-state index is -0.559. The fourth-order valence-electron chi connectivity index (χ4n) is 5.74. The number of Topliss-reactive ketones (excluding diaryl/α,β-unsaturated/α-hetero) is 1. The summed E-state index contributed by atoms with van der Waals surface area (Å²) in [5.41, 5.74) is 2.33. The molecule has 2 aliphatic heterocycles. The van der Waals surface area contributed by atoms with Crippen LogP contribution in [0.2, 0.25) is 0 Å². The van der Waals surface area contributed by atoms with Gasteiger partial charge in [-0.25, -0.2) is 13.0 Å². The fourth-order valence-corrected chi connectivity index (χ4v) is 6.52. The van der Waals surface area contributed by atoms with E-state index in [1.165, 1.54) is 12.1 Å². The zero-order valence-electron chi connectivity index (χ0n) is 22.2. The number of carbonyl (C=O) groups excluding carboxylic acids is 2. The van der Waals surface area contributed by atoms with Gasteiger partial charge in [-0.3, -0.25) is 14.6 Å². The molecule has 2 saturated heterocycles. The summed E-state index contributed by atoms with van der Waals surface area (Å²) >= 11 is 1.65. The highest BCUT2D eigenvalue weighted by Gasteiger charge is 2.41. The van der Waals surface area contributed by atoms with Crippen molar-refractivity contribution in [2.24, 2.45) is 0 Å². The number of fused-ring (bicyclic) bond motifs is 1. The number of rotatable bonds is 6. The number of piperazine rings is 1. The maximum absolute atomic E-state index is 14.5. The van der Waals surface area contributed by atoms with Crippen molar-refractivity contribution in [2.75, 3.05) is 58.3 Å². The molecule has 2 aromatic carbocycles. The molecule has 3 aromatic rings.